The fraction of sp³-hybridized carbons (Fsp3) is 0.286. The van der Waals surface area contributed by atoms with Crippen LogP contribution in [0.3, 0.4) is 0 Å². The Hall–Kier alpha value is -3.42. The van der Waals surface area contributed by atoms with Crippen molar-refractivity contribution in [1.82, 2.24) is 19.6 Å². The predicted octanol–water partition coefficient (Wildman–Crippen LogP) is 4.06. The van der Waals surface area contributed by atoms with E-state index >= 15 is 0 Å². The van der Waals surface area contributed by atoms with Gasteiger partial charge in [0.05, 0.1) is 11.7 Å². The lowest BCUT2D eigenvalue weighted by Gasteiger charge is -2.27. The fourth-order valence-corrected chi connectivity index (χ4v) is 4.11. The van der Waals surface area contributed by atoms with Crippen LogP contribution in [0.2, 0.25) is 0 Å². The molecule has 1 fully saturated rings. The van der Waals surface area contributed by atoms with Gasteiger partial charge in [-0.05, 0) is 56.0 Å². The van der Waals surface area contributed by atoms with Crippen molar-refractivity contribution >= 4 is 17.3 Å². The highest BCUT2D eigenvalue weighted by atomic mass is 19.1. The molecule has 4 heterocycles. The van der Waals surface area contributed by atoms with E-state index in [1.807, 2.05) is 32.2 Å². The van der Waals surface area contributed by atoms with E-state index in [1.165, 1.54) is 6.07 Å². The van der Waals surface area contributed by atoms with Crippen molar-refractivity contribution in [3.05, 3.63) is 59.4 Å². The summed E-state index contributed by atoms with van der Waals surface area (Å²) < 4.78 is 21.1. The fourth-order valence-electron chi connectivity index (χ4n) is 4.11. The van der Waals surface area contributed by atoms with E-state index in [9.17, 15) is 4.39 Å². The average Bonchev–Trinajstić information content (AvgIpc) is 3.41. The maximum absolute atomic E-state index is 13.9. The second kappa shape index (κ2) is 6.58. The number of fused-ring (bicyclic) bond motifs is 1. The largest absolute Gasteiger partial charge is 0.444 e. The van der Waals surface area contributed by atoms with Gasteiger partial charge in [-0.2, -0.15) is 0 Å². The quantitative estimate of drug-likeness (QED) is 0.566. The Bertz CT molecular complexity index is 1210. The van der Waals surface area contributed by atoms with E-state index in [4.69, 9.17) is 15.1 Å². The number of benzene rings is 1. The molecular weight excluding hydrogens is 371 g/mol. The number of nitrogens with two attached hydrogens (primary N) is 1. The van der Waals surface area contributed by atoms with Gasteiger partial charge in [0, 0.05) is 12.7 Å². The Morgan fingerprint density at radius 1 is 1.21 bits per heavy atom. The van der Waals surface area contributed by atoms with Crippen LogP contribution < -0.4 is 10.6 Å². The van der Waals surface area contributed by atoms with Crippen LogP contribution in [0.1, 0.15) is 35.7 Å². The van der Waals surface area contributed by atoms with Crippen LogP contribution in [0.4, 0.5) is 16.0 Å². The lowest BCUT2D eigenvalue weighted by Crippen LogP contribution is -2.24. The summed E-state index contributed by atoms with van der Waals surface area (Å²) in [5.74, 6) is 1.30. The van der Waals surface area contributed by atoms with Crippen molar-refractivity contribution < 1.29 is 8.81 Å². The SMILES string of the molecule is Cc1coc(-c2c(N)nn3ccc(N4CCCC4c4cc(F)ccc4C)nc23)n1. The number of hydrogen-bond acceptors (Lipinski definition) is 6. The number of nitrogen functional groups attached to an aromatic ring is 1. The highest BCUT2D eigenvalue weighted by Gasteiger charge is 2.29. The molecule has 0 bridgehead atoms. The van der Waals surface area contributed by atoms with Crippen molar-refractivity contribution in [3.8, 4) is 11.5 Å². The van der Waals surface area contributed by atoms with Gasteiger partial charge < -0.3 is 15.1 Å². The molecule has 5 rings (SSSR count). The topological polar surface area (TPSA) is 85.5 Å². The molecule has 29 heavy (non-hydrogen) atoms. The number of rotatable bonds is 3. The first-order valence-corrected chi connectivity index (χ1v) is 9.61. The molecule has 8 heteroatoms. The smallest absolute Gasteiger partial charge is 0.233 e. The van der Waals surface area contributed by atoms with Crippen molar-refractivity contribution in [1.29, 1.82) is 0 Å². The molecular formula is C21H21FN6O. The van der Waals surface area contributed by atoms with Crippen LogP contribution in [0.5, 0.6) is 0 Å². The number of oxazole rings is 1. The maximum atomic E-state index is 13.9. The number of nitrogens with zero attached hydrogens (tertiary/aromatic N) is 5. The van der Waals surface area contributed by atoms with Crippen LogP contribution in [0, 0.1) is 19.7 Å². The highest BCUT2D eigenvalue weighted by Crippen LogP contribution is 2.38. The third-order valence-electron chi connectivity index (χ3n) is 5.48. The molecule has 0 radical (unpaired) electrons. The Labute approximate surface area is 167 Å². The molecule has 1 saturated heterocycles. The Kier molecular flexibility index (Phi) is 4.01. The van der Waals surface area contributed by atoms with Gasteiger partial charge in [-0.1, -0.05) is 6.07 Å². The van der Waals surface area contributed by atoms with E-state index in [2.05, 4.69) is 15.0 Å². The molecule has 1 unspecified atom stereocenters. The molecule has 0 saturated carbocycles. The first-order valence-electron chi connectivity index (χ1n) is 9.61. The first-order chi connectivity index (χ1) is 14.0. The highest BCUT2D eigenvalue weighted by molar-refractivity contribution is 5.82. The van der Waals surface area contributed by atoms with Crippen molar-refractivity contribution in [2.24, 2.45) is 0 Å². The van der Waals surface area contributed by atoms with Gasteiger partial charge in [0.2, 0.25) is 5.89 Å². The minimum atomic E-state index is -0.217. The summed E-state index contributed by atoms with van der Waals surface area (Å²) in [6.07, 6.45) is 5.37. The number of aromatic nitrogens is 4. The van der Waals surface area contributed by atoms with Crippen LogP contribution in [0.15, 0.2) is 41.1 Å². The summed E-state index contributed by atoms with van der Waals surface area (Å²) >= 11 is 0. The summed E-state index contributed by atoms with van der Waals surface area (Å²) in [6.45, 7) is 4.72. The van der Waals surface area contributed by atoms with Crippen molar-refractivity contribution in [2.75, 3.05) is 17.2 Å². The van der Waals surface area contributed by atoms with Gasteiger partial charge in [0.1, 0.15) is 23.5 Å². The van der Waals surface area contributed by atoms with Crippen molar-refractivity contribution in [3.63, 3.8) is 0 Å². The Morgan fingerprint density at radius 2 is 2.07 bits per heavy atom. The van der Waals surface area contributed by atoms with Crippen LogP contribution in [-0.2, 0) is 0 Å². The summed E-state index contributed by atoms with van der Waals surface area (Å²) in [4.78, 5) is 11.4. The number of hydrogen-bond donors (Lipinski definition) is 1. The molecule has 148 valence electrons. The third-order valence-corrected chi connectivity index (χ3v) is 5.48. The van der Waals surface area contributed by atoms with Gasteiger partial charge in [-0.3, -0.25) is 0 Å². The van der Waals surface area contributed by atoms with Gasteiger partial charge >= 0.3 is 0 Å². The normalized spacial score (nSPS) is 16.8. The van der Waals surface area contributed by atoms with Gasteiger partial charge in [-0.15, -0.1) is 5.10 Å². The lowest BCUT2D eigenvalue weighted by molar-refractivity contribution is 0.574. The second-order valence-corrected chi connectivity index (χ2v) is 7.46. The Morgan fingerprint density at radius 3 is 2.86 bits per heavy atom. The molecule has 1 atom stereocenters. The zero-order valence-electron chi connectivity index (χ0n) is 16.3. The predicted molar refractivity (Wildman–Crippen MR) is 108 cm³/mol. The monoisotopic (exact) mass is 392 g/mol. The summed E-state index contributed by atoms with van der Waals surface area (Å²) in [7, 11) is 0. The van der Waals surface area contributed by atoms with E-state index < -0.39 is 0 Å². The lowest BCUT2D eigenvalue weighted by atomic mass is 9.99. The molecule has 0 spiro atoms. The van der Waals surface area contributed by atoms with E-state index in [1.54, 1.807) is 16.8 Å². The minimum absolute atomic E-state index is 0.0772. The molecule has 7 nitrogen and oxygen atoms in total. The van der Waals surface area contributed by atoms with Gasteiger partial charge in [0.15, 0.2) is 11.5 Å². The van der Waals surface area contributed by atoms with Crippen molar-refractivity contribution in [2.45, 2.75) is 32.7 Å². The Balaban J connectivity index is 1.60. The summed E-state index contributed by atoms with van der Waals surface area (Å²) in [5, 5.41) is 4.33. The molecule has 2 N–H and O–H groups in total. The van der Waals surface area contributed by atoms with Gasteiger partial charge in [-0.25, -0.2) is 18.9 Å². The van der Waals surface area contributed by atoms with Crippen LogP contribution >= 0.6 is 0 Å². The molecule has 0 aliphatic carbocycles. The zero-order valence-corrected chi connectivity index (χ0v) is 16.3. The van der Waals surface area contributed by atoms with Crippen LogP contribution in [-0.4, -0.2) is 26.1 Å². The standard InChI is InChI=1S/C21H21FN6O/c1-12-5-6-14(22)10-15(12)16-4-3-8-27(16)17-7-9-28-20(25-17)18(19(23)26-28)21-24-13(2)11-29-21/h5-7,9-11,16H,3-4,8H2,1-2H3,(H2,23,26). The van der Waals surface area contributed by atoms with Gasteiger partial charge in [0.25, 0.3) is 0 Å². The summed E-state index contributed by atoms with van der Waals surface area (Å²) in [6, 6.07) is 6.96. The zero-order chi connectivity index (χ0) is 20.1. The first kappa shape index (κ1) is 17.7. The van der Waals surface area contributed by atoms with E-state index in [0.29, 0.717) is 22.9 Å². The number of halogens is 1. The average molecular weight is 392 g/mol. The van der Waals surface area contributed by atoms with Crippen LogP contribution in [0.25, 0.3) is 17.1 Å². The second-order valence-electron chi connectivity index (χ2n) is 7.46. The molecule has 4 aromatic rings. The molecule has 0 amide bonds. The third kappa shape index (κ3) is 2.91. The number of aryl methyl sites for hydroxylation is 2. The van der Waals surface area contributed by atoms with E-state index in [-0.39, 0.29) is 11.9 Å². The molecule has 1 aliphatic rings. The molecule has 1 aromatic carbocycles. The number of anilines is 2. The molecule has 3 aromatic heterocycles. The minimum Gasteiger partial charge on any atom is -0.444 e. The summed E-state index contributed by atoms with van der Waals surface area (Å²) in [5.41, 5.74) is 10.1. The maximum Gasteiger partial charge on any atom is 0.233 e. The molecule has 1 aliphatic heterocycles. The van der Waals surface area contributed by atoms with E-state index in [0.717, 1.165) is 42.0 Å².